The van der Waals surface area contributed by atoms with Crippen LogP contribution in [0.4, 0.5) is 6.01 Å². The molecule has 2 aromatic rings. The summed E-state index contributed by atoms with van der Waals surface area (Å²) < 4.78 is 15.7. The Bertz CT molecular complexity index is 564. The van der Waals surface area contributed by atoms with Crippen molar-refractivity contribution in [3.8, 4) is 11.5 Å². The maximum Gasteiger partial charge on any atom is 0.292 e. The van der Waals surface area contributed by atoms with Crippen LogP contribution in [0.25, 0.3) is 0 Å². The zero-order valence-electron chi connectivity index (χ0n) is 11.4. The molecule has 1 aromatic heterocycles. The summed E-state index contributed by atoms with van der Waals surface area (Å²) in [5, 5.41) is 0. The van der Waals surface area contributed by atoms with Crippen LogP contribution in [0.3, 0.4) is 0 Å². The number of ether oxygens (including phenoxy) is 2. The predicted octanol–water partition coefficient (Wildman–Crippen LogP) is 2.37. The molecule has 1 heterocycles. The van der Waals surface area contributed by atoms with E-state index in [0.29, 0.717) is 0 Å². The first-order valence-corrected chi connectivity index (χ1v) is 6.05. The molecule has 1 aromatic carbocycles. The SMILES string of the molecule is COc1cc(CCc2coc(N)n2)c(OC)cc1C. The Kier molecular flexibility index (Phi) is 3.94. The number of hydrogen-bond donors (Lipinski definition) is 1. The summed E-state index contributed by atoms with van der Waals surface area (Å²) in [7, 11) is 3.33. The van der Waals surface area contributed by atoms with E-state index in [4.69, 9.17) is 19.6 Å². The fourth-order valence-electron chi connectivity index (χ4n) is 2.01. The van der Waals surface area contributed by atoms with E-state index in [9.17, 15) is 0 Å². The summed E-state index contributed by atoms with van der Waals surface area (Å²) in [5.41, 5.74) is 8.40. The summed E-state index contributed by atoms with van der Waals surface area (Å²) in [4.78, 5) is 4.08. The second-order valence-corrected chi connectivity index (χ2v) is 4.31. The maximum absolute atomic E-state index is 5.45. The van der Waals surface area contributed by atoms with Gasteiger partial charge in [-0.05, 0) is 43.0 Å². The van der Waals surface area contributed by atoms with Gasteiger partial charge >= 0.3 is 0 Å². The number of anilines is 1. The van der Waals surface area contributed by atoms with Crippen molar-refractivity contribution < 1.29 is 13.9 Å². The van der Waals surface area contributed by atoms with Crippen LogP contribution in [0.5, 0.6) is 11.5 Å². The van der Waals surface area contributed by atoms with E-state index in [-0.39, 0.29) is 6.01 Å². The minimum atomic E-state index is 0.198. The third kappa shape index (κ3) is 2.99. The average Bonchev–Trinajstić information content (AvgIpc) is 2.82. The first-order chi connectivity index (χ1) is 9.13. The number of nitrogen functional groups attached to an aromatic ring is 1. The molecular formula is C14H18N2O3. The van der Waals surface area contributed by atoms with Gasteiger partial charge in [-0.1, -0.05) is 0 Å². The van der Waals surface area contributed by atoms with Crippen molar-refractivity contribution in [3.05, 3.63) is 35.2 Å². The number of oxazole rings is 1. The number of aryl methyl sites for hydroxylation is 3. The Hall–Kier alpha value is -2.17. The summed E-state index contributed by atoms with van der Waals surface area (Å²) >= 11 is 0. The standard InChI is InChI=1S/C14H18N2O3/c1-9-6-13(18-3)10(7-12(9)17-2)4-5-11-8-19-14(15)16-11/h6-8H,4-5H2,1-3H3,(H2,15,16). The van der Waals surface area contributed by atoms with Gasteiger partial charge in [0.2, 0.25) is 0 Å². The van der Waals surface area contributed by atoms with E-state index < -0.39 is 0 Å². The van der Waals surface area contributed by atoms with Crippen LogP contribution in [0.2, 0.25) is 0 Å². The number of benzene rings is 1. The minimum absolute atomic E-state index is 0.198. The molecule has 0 saturated carbocycles. The molecule has 2 N–H and O–H groups in total. The van der Waals surface area contributed by atoms with Gasteiger partial charge in [0.1, 0.15) is 17.8 Å². The monoisotopic (exact) mass is 262 g/mol. The highest BCUT2D eigenvalue weighted by molar-refractivity contribution is 5.46. The highest BCUT2D eigenvalue weighted by Crippen LogP contribution is 2.29. The average molecular weight is 262 g/mol. The van der Waals surface area contributed by atoms with Gasteiger partial charge in [0.15, 0.2) is 0 Å². The molecule has 5 heteroatoms. The Morgan fingerprint density at radius 2 is 1.89 bits per heavy atom. The lowest BCUT2D eigenvalue weighted by molar-refractivity contribution is 0.396. The first-order valence-electron chi connectivity index (χ1n) is 6.05. The number of nitrogens with two attached hydrogens (primary N) is 1. The molecule has 0 aliphatic carbocycles. The van der Waals surface area contributed by atoms with Crippen molar-refractivity contribution >= 4 is 6.01 Å². The van der Waals surface area contributed by atoms with Gasteiger partial charge < -0.3 is 19.6 Å². The van der Waals surface area contributed by atoms with E-state index in [2.05, 4.69) is 4.98 Å². The second kappa shape index (κ2) is 5.65. The third-order valence-corrected chi connectivity index (χ3v) is 3.02. The smallest absolute Gasteiger partial charge is 0.292 e. The minimum Gasteiger partial charge on any atom is -0.496 e. The van der Waals surface area contributed by atoms with Gasteiger partial charge in [0.25, 0.3) is 6.01 Å². The van der Waals surface area contributed by atoms with Crippen molar-refractivity contribution in [2.45, 2.75) is 19.8 Å². The molecule has 0 amide bonds. The molecule has 0 atom stereocenters. The van der Waals surface area contributed by atoms with Crippen LogP contribution in [0, 0.1) is 6.92 Å². The summed E-state index contributed by atoms with van der Waals surface area (Å²) in [6, 6.07) is 4.17. The lowest BCUT2D eigenvalue weighted by Gasteiger charge is -2.12. The van der Waals surface area contributed by atoms with E-state index in [0.717, 1.165) is 41.2 Å². The molecule has 5 nitrogen and oxygen atoms in total. The molecule has 0 bridgehead atoms. The maximum atomic E-state index is 5.45. The Morgan fingerprint density at radius 3 is 2.47 bits per heavy atom. The molecule has 0 saturated heterocycles. The normalized spacial score (nSPS) is 10.5. The van der Waals surface area contributed by atoms with E-state index in [1.165, 1.54) is 0 Å². The number of hydrogen-bond acceptors (Lipinski definition) is 5. The van der Waals surface area contributed by atoms with Gasteiger partial charge in [-0.15, -0.1) is 0 Å². The largest absolute Gasteiger partial charge is 0.496 e. The summed E-state index contributed by atoms with van der Waals surface area (Å²) in [6.45, 7) is 1.99. The fourth-order valence-corrected chi connectivity index (χ4v) is 2.01. The predicted molar refractivity (Wildman–Crippen MR) is 72.6 cm³/mol. The quantitative estimate of drug-likeness (QED) is 0.895. The van der Waals surface area contributed by atoms with Crippen molar-refractivity contribution in [2.24, 2.45) is 0 Å². The van der Waals surface area contributed by atoms with Crippen LogP contribution < -0.4 is 15.2 Å². The lowest BCUT2D eigenvalue weighted by Crippen LogP contribution is -1.99. The zero-order valence-corrected chi connectivity index (χ0v) is 11.4. The van der Waals surface area contributed by atoms with Gasteiger partial charge in [0, 0.05) is 0 Å². The molecule has 0 spiro atoms. The third-order valence-electron chi connectivity index (χ3n) is 3.02. The topological polar surface area (TPSA) is 70.5 Å². The number of rotatable bonds is 5. The van der Waals surface area contributed by atoms with E-state index in [1.54, 1.807) is 20.5 Å². The first kappa shape index (κ1) is 13.3. The molecule has 102 valence electrons. The highest BCUT2D eigenvalue weighted by Gasteiger charge is 2.10. The van der Waals surface area contributed by atoms with Crippen LogP contribution in [-0.4, -0.2) is 19.2 Å². The van der Waals surface area contributed by atoms with Crippen LogP contribution >= 0.6 is 0 Å². The summed E-state index contributed by atoms with van der Waals surface area (Å²) in [6.07, 6.45) is 3.10. The molecule has 19 heavy (non-hydrogen) atoms. The van der Waals surface area contributed by atoms with Crippen LogP contribution in [0.15, 0.2) is 22.8 Å². The number of nitrogens with zero attached hydrogens (tertiary/aromatic N) is 1. The zero-order chi connectivity index (χ0) is 13.8. The Labute approximate surface area is 112 Å². The van der Waals surface area contributed by atoms with Crippen molar-refractivity contribution in [3.63, 3.8) is 0 Å². The van der Waals surface area contributed by atoms with Gasteiger partial charge in [0.05, 0.1) is 19.9 Å². The van der Waals surface area contributed by atoms with Crippen LogP contribution in [0.1, 0.15) is 16.8 Å². The van der Waals surface area contributed by atoms with Gasteiger partial charge in [-0.3, -0.25) is 0 Å². The van der Waals surface area contributed by atoms with Gasteiger partial charge in [-0.25, -0.2) is 0 Å². The van der Waals surface area contributed by atoms with E-state index >= 15 is 0 Å². The Balaban J connectivity index is 2.18. The number of methoxy groups -OCH3 is 2. The number of aromatic nitrogens is 1. The second-order valence-electron chi connectivity index (χ2n) is 4.31. The van der Waals surface area contributed by atoms with Crippen molar-refractivity contribution in [1.82, 2.24) is 4.98 Å². The molecule has 0 fully saturated rings. The highest BCUT2D eigenvalue weighted by atomic mass is 16.5. The molecule has 0 unspecified atom stereocenters. The fraction of sp³-hybridized carbons (Fsp3) is 0.357. The lowest BCUT2D eigenvalue weighted by atomic mass is 10.0. The summed E-state index contributed by atoms with van der Waals surface area (Å²) in [5.74, 6) is 1.71. The van der Waals surface area contributed by atoms with Crippen LogP contribution in [-0.2, 0) is 12.8 Å². The van der Waals surface area contributed by atoms with E-state index in [1.807, 2.05) is 19.1 Å². The molecule has 0 radical (unpaired) electrons. The Morgan fingerprint density at radius 1 is 1.16 bits per heavy atom. The molecule has 0 aliphatic heterocycles. The molecule has 2 rings (SSSR count). The molecular weight excluding hydrogens is 244 g/mol. The molecule has 0 aliphatic rings. The van der Waals surface area contributed by atoms with Crippen molar-refractivity contribution in [1.29, 1.82) is 0 Å². The van der Waals surface area contributed by atoms with Gasteiger partial charge in [-0.2, -0.15) is 4.98 Å². The van der Waals surface area contributed by atoms with Crippen molar-refractivity contribution in [2.75, 3.05) is 20.0 Å².